The topological polar surface area (TPSA) is 153 Å². The lowest BCUT2D eigenvalue weighted by molar-refractivity contribution is -0.142. The quantitative estimate of drug-likeness (QED) is 0.309. The molecule has 3 heterocycles. The summed E-state index contributed by atoms with van der Waals surface area (Å²) < 4.78 is 6.03. The Bertz CT molecular complexity index is 1620. The number of likely N-dealkylation sites (N-methyl/N-ethyl adjacent to an activating group) is 1. The van der Waals surface area contributed by atoms with E-state index in [1.54, 1.807) is 6.92 Å². The van der Waals surface area contributed by atoms with Gasteiger partial charge >= 0.3 is 0 Å². The highest BCUT2D eigenvalue weighted by Crippen LogP contribution is 2.20. The minimum Gasteiger partial charge on any atom is -0.388 e. The van der Waals surface area contributed by atoms with Crippen LogP contribution in [0.1, 0.15) is 44.9 Å². The zero-order valence-electron chi connectivity index (χ0n) is 28.7. The average molecular weight is 673 g/mol. The fourth-order valence-electron chi connectivity index (χ4n) is 6.44. The number of amides is 4. The van der Waals surface area contributed by atoms with Gasteiger partial charge in [-0.3, -0.25) is 29.1 Å². The number of carbonyl (C=O) groups is 4. The number of aliphatic hydroxyl groups excluding tert-OH is 1. The first kappa shape index (κ1) is 35.9. The van der Waals surface area contributed by atoms with Gasteiger partial charge in [-0.25, -0.2) is 0 Å². The van der Waals surface area contributed by atoms with E-state index >= 15 is 0 Å². The van der Waals surface area contributed by atoms with Crippen LogP contribution in [0.2, 0.25) is 0 Å². The van der Waals surface area contributed by atoms with Crippen molar-refractivity contribution in [2.45, 2.75) is 83.0 Å². The Kier molecular flexibility index (Phi) is 12.0. The number of carbonyl (C=O) groups excluding carboxylic acids is 4. The number of pyridine rings is 1. The van der Waals surface area contributed by atoms with Gasteiger partial charge in [-0.05, 0) is 43.4 Å². The summed E-state index contributed by atoms with van der Waals surface area (Å²) >= 11 is 0. The SMILES string of the molecule is CC(C)C[C@H]1NC(=O)CN(Cc2ccc3ccccc3n2)C[C@H]2OCC[C@H](NC(=O)[C@H](Cc3ccccc3)NC(=O)[C@H](C)N(C)C1=O)[C@@H]2O. The molecule has 3 aromatic rings. The number of aromatic nitrogens is 1. The van der Waals surface area contributed by atoms with Crippen molar-refractivity contribution in [3.8, 4) is 0 Å². The van der Waals surface area contributed by atoms with Crippen molar-refractivity contribution < 1.29 is 29.0 Å². The predicted molar refractivity (Wildman–Crippen MR) is 185 cm³/mol. The molecule has 2 aliphatic heterocycles. The molecule has 49 heavy (non-hydrogen) atoms. The van der Waals surface area contributed by atoms with Crippen molar-refractivity contribution in [2.75, 3.05) is 26.7 Å². The molecule has 4 N–H and O–H groups in total. The highest BCUT2D eigenvalue weighted by atomic mass is 16.5. The van der Waals surface area contributed by atoms with Crippen LogP contribution in [0.15, 0.2) is 66.7 Å². The maximum atomic E-state index is 13.8. The largest absolute Gasteiger partial charge is 0.388 e. The number of aliphatic hydroxyl groups is 1. The average Bonchev–Trinajstić information content (AvgIpc) is 3.08. The molecule has 0 unspecified atom stereocenters. The molecule has 12 heteroatoms. The van der Waals surface area contributed by atoms with Gasteiger partial charge < -0.3 is 30.7 Å². The lowest BCUT2D eigenvalue weighted by Gasteiger charge is -2.38. The number of nitrogens with one attached hydrogen (secondary N) is 3. The van der Waals surface area contributed by atoms with Crippen LogP contribution in [0.3, 0.4) is 0 Å². The molecular weight excluding hydrogens is 624 g/mol. The normalized spacial score (nSPS) is 26.6. The van der Waals surface area contributed by atoms with Crippen LogP contribution in [0.5, 0.6) is 0 Å². The van der Waals surface area contributed by atoms with Crippen molar-refractivity contribution in [2.24, 2.45) is 5.92 Å². The second-order valence-corrected chi connectivity index (χ2v) is 13.6. The third-order valence-electron chi connectivity index (χ3n) is 9.29. The molecular formula is C37H48N6O6. The number of ether oxygens (including phenoxy) is 1. The molecule has 0 spiro atoms. The molecule has 2 aromatic carbocycles. The van der Waals surface area contributed by atoms with Gasteiger partial charge in [-0.1, -0.05) is 68.4 Å². The van der Waals surface area contributed by atoms with Gasteiger partial charge in [0.1, 0.15) is 24.2 Å². The summed E-state index contributed by atoms with van der Waals surface area (Å²) in [5, 5.41) is 21.2. The summed E-state index contributed by atoms with van der Waals surface area (Å²) in [5.41, 5.74) is 2.39. The first-order chi connectivity index (χ1) is 23.5. The molecule has 5 rings (SSSR count). The molecule has 0 radical (unpaired) electrons. The summed E-state index contributed by atoms with van der Waals surface area (Å²) in [4.78, 5) is 62.8. The molecule has 0 aliphatic carbocycles. The monoisotopic (exact) mass is 672 g/mol. The van der Waals surface area contributed by atoms with Crippen LogP contribution in [-0.4, -0.2) is 107 Å². The molecule has 4 amide bonds. The maximum absolute atomic E-state index is 13.8. The van der Waals surface area contributed by atoms with E-state index < -0.39 is 54.1 Å². The molecule has 2 saturated heterocycles. The Morgan fingerprint density at radius 1 is 0.918 bits per heavy atom. The van der Waals surface area contributed by atoms with Gasteiger partial charge in [0.25, 0.3) is 0 Å². The molecule has 0 saturated carbocycles. The number of hydrogen-bond donors (Lipinski definition) is 4. The van der Waals surface area contributed by atoms with Crippen LogP contribution in [0.25, 0.3) is 10.9 Å². The van der Waals surface area contributed by atoms with E-state index in [1.165, 1.54) is 11.9 Å². The number of benzene rings is 2. The van der Waals surface area contributed by atoms with Crippen molar-refractivity contribution in [3.05, 3.63) is 78.0 Å². The molecule has 1 aromatic heterocycles. The third-order valence-corrected chi connectivity index (χ3v) is 9.29. The smallest absolute Gasteiger partial charge is 0.245 e. The van der Waals surface area contributed by atoms with Crippen LogP contribution in [0.4, 0.5) is 0 Å². The van der Waals surface area contributed by atoms with Gasteiger partial charge in [0.05, 0.1) is 29.9 Å². The summed E-state index contributed by atoms with van der Waals surface area (Å²) in [5.74, 6) is -1.67. The zero-order valence-corrected chi connectivity index (χ0v) is 28.7. The number of para-hydroxylation sites is 1. The number of rotatable bonds is 6. The van der Waals surface area contributed by atoms with E-state index in [0.717, 1.165) is 22.2 Å². The Balaban J connectivity index is 1.47. The second-order valence-electron chi connectivity index (χ2n) is 13.6. The Morgan fingerprint density at radius 2 is 1.65 bits per heavy atom. The molecule has 2 bridgehead atoms. The minimum absolute atomic E-state index is 0.0699. The summed E-state index contributed by atoms with van der Waals surface area (Å²) in [7, 11) is 1.53. The summed E-state index contributed by atoms with van der Waals surface area (Å²) in [6, 6.07) is 17.6. The molecule has 2 aliphatic rings. The van der Waals surface area contributed by atoms with Gasteiger partial charge in [-0.2, -0.15) is 0 Å². The van der Waals surface area contributed by atoms with Crippen molar-refractivity contribution in [3.63, 3.8) is 0 Å². The number of fused-ring (bicyclic) bond motifs is 3. The lowest BCUT2D eigenvalue weighted by atomic mass is 9.97. The van der Waals surface area contributed by atoms with E-state index in [-0.39, 0.29) is 44.5 Å². The summed E-state index contributed by atoms with van der Waals surface area (Å²) in [6.45, 7) is 6.14. The fourth-order valence-corrected chi connectivity index (χ4v) is 6.44. The first-order valence-electron chi connectivity index (χ1n) is 17.1. The summed E-state index contributed by atoms with van der Waals surface area (Å²) in [6.07, 6.45) is -0.876. The van der Waals surface area contributed by atoms with Gasteiger partial charge in [0.2, 0.25) is 23.6 Å². The van der Waals surface area contributed by atoms with Crippen molar-refractivity contribution >= 4 is 34.5 Å². The van der Waals surface area contributed by atoms with E-state index in [1.807, 2.05) is 85.5 Å². The van der Waals surface area contributed by atoms with Crippen molar-refractivity contribution in [1.82, 2.24) is 30.7 Å². The van der Waals surface area contributed by atoms with E-state index in [4.69, 9.17) is 9.72 Å². The van der Waals surface area contributed by atoms with Crippen LogP contribution < -0.4 is 16.0 Å². The maximum Gasteiger partial charge on any atom is 0.245 e. The highest BCUT2D eigenvalue weighted by Gasteiger charge is 2.38. The standard InChI is InChI=1S/C37H48N6O6/c1-23(2)18-31-37(48)42(4)24(3)35(46)41-30(19-25-10-6-5-7-11-25)36(47)40-29-16-17-49-32(34(29)45)21-43(22-33(44)39-31)20-27-15-14-26-12-8-9-13-28(26)38-27/h5-15,23-24,29-32,34,45H,16-22H2,1-4H3,(H,39,44)(H,40,47)(H,41,46)/t24-,29-,30-,31+,32+,34-/m0/s1. The van der Waals surface area contributed by atoms with Gasteiger partial charge in [-0.15, -0.1) is 0 Å². The van der Waals surface area contributed by atoms with Crippen molar-refractivity contribution in [1.29, 1.82) is 0 Å². The Labute approximate surface area is 287 Å². The number of hydrogen-bond acceptors (Lipinski definition) is 8. The molecule has 2 fully saturated rings. The lowest BCUT2D eigenvalue weighted by Crippen LogP contribution is -2.60. The zero-order chi connectivity index (χ0) is 35.1. The molecule has 12 nitrogen and oxygen atoms in total. The van der Waals surface area contributed by atoms with E-state index in [2.05, 4.69) is 16.0 Å². The van der Waals surface area contributed by atoms with Crippen LogP contribution in [-0.2, 0) is 36.9 Å². The van der Waals surface area contributed by atoms with E-state index in [9.17, 15) is 24.3 Å². The second kappa shape index (κ2) is 16.3. The predicted octanol–water partition coefficient (Wildman–Crippen LogP) is 1.79. The Morgan fingerprint density at radius 3 is 2.41 bits per heavy atom. The van der Waals surface area contributed by atoms with E-state index in [0.29, 0.717) is 12.8 Å². The fraction of sp³-hybridized carbons (Fsp3) is 0.486. The molecule has 6 atom stereocenters. The first-order valence-corrected chi connectivity index (χ1v) is 17.1. The van der Waals surface area contributed by atoms with Crippen LogP contribution >= 0.6 is 0 Å². The third kappa shape index (κ3) is 9.40. The highest BCUT2D eigenvalue weighted by molar-refractivity contribution is 5.94. The minimum atomic E-state index is -1.09. The molecule has 262 valence electrons. The van der Waals surface area contributed by atoms with Gasteiger partial charge in [0, 0.05) is 38.6 Å². The van der Waals surface area contributed by atoms with Gasteiger partial charge in [0.15, 0.2) is 0 Å². The van der Waals surface area contributed by atoms with Crippen LogP contribution in [0, 0.1) is 5.92 Å². The Hall–Kier alpha value is -4.39. The number of nitrogens with zero attached hydrogens (tertiary/aromatic N) is 3.